The van der Waals surface area contributed by atoms with Crippen LogP contribution in [0.1, 0.15) is 61.4 Å². The van der Waals surface area contributed by atoms with E-state index in [2.05, 4.69) is 59.9 Å². The molecule has 0 saturated heterocycles. The van der Waals surface area contributed by atoms with Crippen LogP contribution in [0.15, 0.2) is 5.38 Å². The summed E-state index contributed by atoms with van der Waals surface area (Å²) in [7, 11) is 0. The zero-order valence-corrected chi connectivity index (χ0v) is 15.1. The van der Waals surface area contributed by atoms with Crippen molar-refractivity contribution in [2.75, 3.05) is 6.54 Å². The van der Waals surface area contributed by atoms with Crippen molar-refractivity contribution in [1.82, 2.24) is 19.9 Å². The molecule has 116 valence electrons. The maximum absolute atomic E-state index is 4.60. The van der Waals surface area contributed by atoms with E-state index in [1.807, 2.05) is 0 Å². The van der Waals surface area contributed by atoms with E-state index in [0.717, 1.165) is 35.8 Å². The van der Waals surface area contributed by atoms with Crippen LogP contribution in [-0.2, 0) is 11.8 Å². The zero-order chi connectivity index (χ0) is 15.5. The van der Waals surface area contributed by atoms with Gasteiger partial charge in [0.15, 0.2) is 0 Å². The molecule has 1 atom stereocenters. The van der Waals surface area contributed by atoms with E-state index in [9.17, 15) is 0 Å². The van der Waals surface area contributed by atoms with Crippen LogP contribution in [0, 0.1) is 6.92 Å². The van der Waals surface area contributed by atoms with Crippen LogP contribution < -0.4 is 5.32 Å². The van der Waals surface area contributed by atoms with Gasteiger partial charge < -0.3 is 5.32 Å². The van der Waals surface area contributed by atoms with Crippen molar-refractivity contribution < 1.29 is 0 Å². The van der Waals surface area contributed by atoms with Gasteiger partial charge in [0.25, 0.3) is 0 Å². The molecular weight excluding hydrogens is 300 g/mol. The molecule has 1 unspecified atom stereocenters. The Kier molecular flexibility index (Phi) is 5.46. The Bertz CT molecular complexity index is 568. The number of nitrogens with one attached hydrogen (secondary N) is 1. The summed E-state index contributed by atoms with van der Waals surface area (Å²) in [5.41, 5.74) is 2.28. The molecular formula is C15H24N4S2. The SMILES string of the molecule is CCCNC(Cc1csc(C)n1)c1snnc1C(C)(C)C. The van der Waals surface area contributed by atoms with Gasteiger partial charge in [0.05, 0.1) is 27.3 Å². The van der Waals surface area contributed by atoms with Crippen molar-refractivity contribution in [3.8, 4) is 0 Å². The van der Waals surface area contributed by atoms with Crippen LogP contribution in [0.4, 0.5) is 0 Å². The number of hydrogen-bond donors (Lipinski definition) is 1. The number of aryl methyl sites for hydroxylation is 1. The van der Waals surface area contributed by atoms with E-state index in [1.54, 1.807) is 11.3 Å². The van der Waals surface area contributed by atoms with Gasteiger partial charge in [0, 0.05) is 17.2 Å². The summed E-state index contributed by atoms with van der Waals surface area (Å²) in [5, 5.41) is 11.3. The number of rotatable bonds is 6. The Balaban J connectivity index is 2.25. The second-order valence-electron chi connectivity index (χ2n) is 6.30. The van der Waals surface area contributed by atoms with Crippen molar-refractivity contribution >= 4 is 22.9 Å². The Labute approximate surface area is 135 Å². The highest BCUT2D eigenvalue weighted by molar-refractivity contribution is 7.09. The molecule has 0 spiro atoms. The fourth-order valence-corrected chi connectivity index (χ4v) is 3.80. The number of aromatic nitrogens is 3. The molecule has 2 aromatic heterocycles. The summed E-state index contributed by atoms with van der Waals surface area (Å²) < 4.78 is 4.20. The largest absolute Gasteiger partial charge is 0.309 e. The van der Waals surface area contributed by atoms with Gasteiger partial charge in [-0.2, -0.15) is 0 Å². The smallest absolute Gasteiger partial charge is 0.0897 e. The number of thiazole rings is 1. The highest BCUT2D eigenvalue weighted by Crippen LogP contribution is 2.32. The number of hydrogen-bond acceptors (Lipinski definition) is 6. The topological polar surface area (TPSA) is 50.7 Å². The highest BCUT2D eigenvalue weighted by atomic mass is 32.1. The molecule has 4 nitrogen and oxygen atoms in total. The molecule has 0 fully saturated rings. The lowest BCUT2D eigenvalue weighted by atomic mass is 9.89. The van der Waals surface area contributed by atoms with Crippen molar-refractivity contribution in [2.45, 2.75) is 58.9 Å². The second kappa shape index (κ2) is 6.94. The third-order valence-electron chi connectivity index (χ3n) is 3.26. The molecule has 1 N–H and O–H groups in total. The molecule has 0 radical (unpaired) electrons. The maximum atomic E-state index is 4.60. The van der Waals surface area contributed by atoms with Crippen molar-refractivity contribution in [1.29, 1.82) is 0 Å². The summed E-state index contributed by atoms with van der Waals surface area (Å²) in [6.07, 6.45) is 2.01. The average molecular weight is 325 g/mol. The predicted molar refractivity (Wildman–Crippen MR) is 90.2 cm³/mol. The average Bonchev–Trinajstić information content (AvgIpc) is 3.02. The van der Waals surface area contributed by atoms with Gasteiger partial charge in [0.2, 0.25) is 0 Å². The molecule has 0 bridgehead atoms. The molecule has 0 aliphatic rings. The second-order valence-corrected chi connectivity index (χ2v) is 8.15. The third-order valence-corrected chi connectivity index (χ3v) is 4.92. The Morgan fingerprint density at radius 3 is 2.67 bits per heavy atom. The molecule has 0 saturated carbocycles. The van der Waals surface area contributed by atoms with Gasteiger partial charge in [-0.3, -0.25) is 0 Å². The van der Waals surface area contributed by atoms with E-state index in [4.69, 9.17) is 0 Å². The summed E-state index contributed by atoms with van der Waals surface area (Å²) in [4.78, 5) is 5.85. The third kappa shape index (κ3) is 4.31. The quantitative estimate of drug-likeness (QED) is 0.876. The van der Waals surface area contributed by atoms with Gasteiger partial charge in [0.1, 0.15) is 0 Å². The van der Waals surface area contributed by atoms with Crippen LogP contribution in [0.2, 0.25) is 0 Å². The van der Waals surface area contributed by atoms with E-state index < -0.39 is 0 Å². The van der Waals surface area contributed by atoms with Crippen molar-refractivity contribution in [3.63, 3.8) is 0 Å². The maximum Gasteiger partial charge on any atom is 0.0897 e. The summed E-state index contributed by atoms with van der Waals surface area (Å²) in [5.74, 6) is 0. The minimum absolute atomic E-state index is 0.0203. The molecule has 0 aromatic carbocycles. The summed E-state index contributed by atoms with van der Waals surface area (Å²) in [6, 6.07) is 0.251. The summed E-state index contributed by atoms with van der Waals surface area (Å²) >= 11 is 3.22. The lowest BCUT2D eigenvalue weighted by molar-refractivity contribution is 0.501. The Hall–Kier alpha value is -0.850. The Morgan fingerprint density at radius 1 is 1.33 bits per heavy atom. The molecule has 0 amide bonds. The predicted octanol–water partition coefficient (Wildman–Crippen LogP) is 3.88. The molecule has 0 aliphatic carbocycles. The minimum Gasteiger partial charge on any atom is -0.309 e. The lowest BCUT2D eigenvalue weighted by Crippen LogP contribution is -2.26. The standard InChI is InChI=1S/C15H24N4S2/c1-6-7-16-12(8-11-9-20-10(2)17-11)13-14(15(3,4)5)18-19-21-13/h9,12,16H,6-8H2,1-5H3. The van der Waals surface area contributed by atoms with E-state index in [0.29, 0.717) is 0 Å². The van der Waals surface area contributed by atoms with Crippen molar-refractivity contribution in [2.24, 2.45) is 0 Å². The normalized spacial score (nSPS) is 13.6. The van der Waals surface area contributed by atoms with Crippen LogP contribution in [0.3, 0.4) is 0 Å². The first-order valence-corrected chi connectivity index (χ1v) is 9.04. The van der Waals surface area contributed by atoms with Crippen LogP contribution in [-0.4, -0.2) is 21.1 Å². The zero-order valence-electron chi connectivity index (χ0n) is 13.4. The highest BCUT2D eigenvalue weighted by Gasteiger charge is 2.27. The first kappa shape index (κ1) is 16.5. The summed E-state index contributed by atoms with van der Waals surface area (Å²) in [6.45, 7) is 11.8. The Morgan fingerprint density at radius 2 is 2.10 bits per heavy atom. The van der Waals surface area contributed by atoms with Gasteiger partial charge in [-0.05, 0) is 31.4 Å². The minimum atomic E-state index is 0.0203. The lowest BCUT2D eigenvalue weighted by Gasteiger charge is -2.22. The molecule has 2 aromatic rings. The van der Waals surface area contributed by atoms with E-state index in [-0.39, 0.29) is 11.5 Å². The fraction of sp³-hybridized carbons (Fsp3) is 0.667. The first-order valence-electron chi connectivity index (χ1n) is 7.39. The first-order chi connectivity index (χ1) is 9.91. The fourth-order valence-electron chi connectivity index (χ4n) is 2.23. The molecule has 21 heavy (non-hydrogen) atoms. The molecule has 2 heterocycles. The molecule has 0 aliphatic heterocycles. The monoisotopic (exact) mass is 324 g/mol. The van der Waals surface area contributed by atoms with Gasteiger partial charge in [-0.25, -0.2) is 4.98 Å². The van der Waals surface area contributed by atoms with E-state index >= 15 is 0 Å². The molecule has 2 rings (SSSR count). The number of nitrogens with zero attached hydrogens (tertiary/aromatic N) is 3. The molecule has 6 heteroatoms. The van der Waals surface area contributed by atoms with Gasteiger partial charge in [-0.15, -0.1) is 16.4 Å². The van der Waals surface area contributed by atoms with Gasteiger partial charge >= 0.3 is 0 Å². The van der Waals surface area contributed by atoms with Crippen LogP contribution in [0.5, 0.6) is 0 Å². The van der Waals surface area contributed by atoms with Crippen LogP contribution in [0.25, 0.3) is 0 Å². The van der Waals surface area contributed by atoms with Gasteiger partial charge in [-0.1, -0.05) is 32.2 Å². The van der Waals surface area contributed by atoms with Crippen molar-refractivity contribution in [3.05, 3.63) is 26.7 Å². The van der Waals surface area contributed by atoms with Crippen LogP contribution >= 0.6 is 22.9 Å². The van der Waals surface area contributed by atoms with E-state index in [1.165, 1.54) is 16.4 Å².